The highest BCUT2D eigenvalue weighted by Gasteiger charge is 2.15. The number of hydrogen-bond acceptors (Lipinski definition) is 8. The number of nitrogens with one attached hydrogen (secondary N) is 1. The lowest BCUT2D eigenvalue weighted by Gasteiger charge is -2.14. The summed E-state index contributed by atoms with van der Waals surface area (Å²) in [5, 5.41) is 27.4. The topological polar surface area (TPSA) is 110 Å². The molecule has 2 aromatic carbocycles. The van der Waals surface area contributed by atoms with Crippen LogP contribution in [0.1, 0.15) is 11.7 Å². The van der Waals surface area contributed by atoms with Gasteiger partial charge in [-0.25, -0.2) is 9.97 Å². The molecule has 0 fully saturated rings. The Morgan fingerprint density at radius 1 is 1.17 bits per heavy atom. The molecule has 1 atom stereocenters. The third kappa shape index (κ3) is 3.93. The summed E-state index contributed by atoms with van der Waals surface area (Å²) in [7, 11) is 1.63. The molecular formula is C21H18N4O4S. The number of ether oxygens (including phenoxy) is 1. The number of methoxy groups -OCH3 is 1. The quantitative estimate of drug-likeness (QED) is 0.335. The van der Waals surface area contributed by atoms with Crippen molar-refractivity contribution in [2.24, 2.45) is 0 Å². The van der Waals surface area contributed by atoms with Crippen molar-refractivity contribution in [2.45, 2.75) is 6.10 Å². The van der Waals surface area contributed by atoms with E-state index in [1.807, 2.05) is 29.6 Å². The van der Waals surface area contributed by atoms with Gasteiger partial charge in [-0.05, 0) is 35.4 Å². The Bertz CT molecular complexity index is 1180. The number of non-ortho nitro benzene ring substituents is 1. The van der Waals surface area contributed by atoms with Gasteiger partial charge in [0, 0.05) is 29.6 Å². The van der Waals surface area contributed by atoms with E-state index in [-0.39, 0.29) is 12.2 Å². The van der Waals surface area contributed by atoms with Gasteiger partial charge in [-0.3, -0.25) is 10.1 Å². The zero-order chi connectivity index (χ0) is 21.1. The molecule has 30 heavy (non-hydrogen) atoms. The molecular weight excluding hydrogens is 404 g/mol. The largest absolute Gasteiger partial charge is 0.497 e. The Hall–Kier alpha value is -3.56. The predicted molar refractivity (Wildman–Crippen MR) is 116 cm³/mol. The second-order valence-corrected chi connectivity index (χ2v) is 7.38. The van der Waals surface area contributed by atoms with E-state index < -0.39 is 11.0 Å². The van der Waals surface area contributed by atoms with Gasteiger partial charge in [0.25, 0.3) is 5.69 Å². The van der Waals surface area contributed by atoms with Crippen molar-refractivity contribution in [3.63, 3.8) is 0 Å². The van der Waals surface area contributed by atoms with Crippen LogP contribution in [-0.4, -0.2) is 33.7 Å². The maximum Gasteiger partial charge on any atom is 0.269 e. The zero-order valence-corrected chi connectivity index (χ0v) is 16.8. The molecule has 0 radical (unpaired) electrons. The normalized spacial score (nSPS) is 11.9. The van der Waals surface area contributed by atoms with Crippen molar-refractivity contribution in [3.05, 3.63) is 75.9 Å². The van der Waals surface area contributed by atoms with Crippen molar-refractivity contribution >= 4 is 33.1 Å². The van der Waals surface area contributed by atoms with Gasteiger partial charge < -0.3 is 15.2 Å². The van der Waals surface area contributed by atoms with Crippen molar-refractivity contribution in [2.75, 3.05) is 19.0 Å². The number of aliphatic hydroxyl groups is 1. The van der Waals surface area contributed by atoms with Crippen molar-refractivity contribution in [3.8, 4) is 16.9 Å². The Kier molecular flexibility index (Phi) is 5.55. The SMILES string of the molecule is COc1ccc(-c2csc3ncnc(NCC(O)c4ccc([N+](=O)[O-])cc4)c23)cc1. The van der Waals surface area contributed by atoms with E-state index in [1.54, 1.807) is 19.2 Å². The molecule has 4 rings (SSSR count). The highest BCUT2D eigenvalue weighted by Crippen LogP contribution is 2.37. The average Bonchev–Trinajstić information content (AvgIpc) is 3.22. The lowest BCUT2D eigenvalue weighted by atomic mass is 10.1. The van der Waals surface area contributed by atoms with Crippen LogP contribution < -0.4 is 10.1 Å². The maximum absolute atomic E-state index is 10.8. The summed E-state index contributed by atoms with van der Waals surface area (Å²) in [6, 6.07) is 13.6. The second-order valence-electron chi connectivity index (χ2n) is 6.53. The summed E-state index contributed by atoms with van der Waals surface area (Å²) in [5.41, 5.74) is 2.57. The minimum absolute atomic E-state index is 0.0150. The first-order valence-electron chi connectivity index (χ1n) is 9.09. The summed E-state index contributed by atoms with van der Waals surface area (Å²) in [5.74, 6) is 1.40. The van der Waals surface area contributed by atoms with Crippen molar-refractivity contribution in [1.29, 1.82) is 0 Å². The Morgan fingerprint density at radius 3 is 2.57 bits per heavy atom. The van der Waals surface area contributed by atoms with Gasteiger partial charge in [-0.15, -0.1) is 11.3 Å². The lowest BCUT2D eigenvalue weighted by molar-refractivity contribution is -0.384. The van der Waals surface area contributed by atoms with Crippen LogP contribution in [0.4, 0.5) is 11.5 Å². The first kappa shape index (κ1) is 19.7. The Labute approximate surface area is 176 Å². The molecule has 0 aliphatic carbocycles. The molecule has 4 aromatic rings. The van der Waals surface area contributed by atoms with E-state index in [0.29, 0.717) is 11.4 Å². The van der Waals surface area contributed by atoms with Crippen LogP contribution in [0.15, 0.2) is 60.2 Å². The Balaban J connectivity index is 1.58. The predicted octanol–water partition coefficient (Wildman–Crippen LogP) is 4.42. The van der Waals surface area contributed by atoms with Crippen molar-refractivity contribution in [1.82, 2.24) is 9.97 Å². The van der Waals surface area contributed by atoms with E-state index in [4.69, 9.17) is 4.74 Å². The smallest absolute Gasteiger partial charge is 0.269 e. The van der Waals surface area contributed by atoms with E-state index in [2.05, 4.69) is 15.3 Å². The third-order valence-electron chi connectivity index (χ3n) is 4.72. The number of nitro groups is 1. The number of thiophene rings is 1. The highest BCUT2D eigenvalue weighted by atomic mass is 32.1. The zero-order valence-electron chi connectivity index (χ0n) is 16.0. The van der Waals surface area contributed by atoms with Gasteiger partial charge in [0.05, 0.1) is 23.5 Å². The molecule has 0 aliphatic rings. The van der Waals surface area contributed by atoms with E-state index in [1.165, 1.54) is 29.8 Å². The first-order valence-corrected chi connectivity index (χ1v) is 9.97. The van der Waals surface area contributed by atoms with Crippen LogP contribution in [0.5, 0.6) is 5.75 Å². The van der Waals surface area contributed by atoms with Gasteiger partial charge in [0.2, 0.25) is 0 Å². The molecule has 0 saturated carbocycles. The number of anilines is 1. The van der Waals surface area contributed by atoms with Crippen LogP contribution in [0.3, 0.4) is 0 Å². The van der Waals surface area contributed by atoms with Crippen LogP contribution >= 0.6 is 11.3 Å². The fourth-order valence-corrected chi connectivity index (χ4v) is 4.04. The summed E-state index contributed by atoms with van der Waals surface area (Å²) >= 11 is 1.52. The number of aliphatic hydroxyl groups excluding tert-OH is 1. The molecule has 2 heterocycles. The maximum atomic E-state index is 10.8. The molecule has 0 saturated heterocycles. The molecule has 152 valence electrons. The number of fused-ring (bicyclic) bond motifs is 1. The van der Waals surface area contributed by atoms with Crippen LogP contribution in [-0.2, 0) is 0 Å². The minimum atomic E-state index is -0.848. The van der Waals surface area contributed by atoms with Crippen LogP contribution in [0, 0.1) is 10.1 Å². The van der Waals surface area contributed by atoms with Gasteiger partial charge in [-0.2, -0.15) is 0 Å². The molecule has 2 aromatic heterocycles. The molecule has 1 unspecified atom stereocenters. The molecule has 8 nitrogen and oxygen atoms in total. The fraction of sp³-hybridized carbons (Fsp3) is 0.143. The molecule has 0 spiro atoms. The van der Waals surface area contributed by atoms with E-state index >= 15 is 0 Å². The van der Waals surface area contributed by atoms with Crippen LogP contribution in [0.25, 0.3) is 21.3 Å². The number of rotatable bonds is 7. The second kappa shape index (κ2) is 8.44. The van der Waals surface area contributed by atoms with Gasteiger partial charge in [0.1, 0.15) is 22.7 Å². The Morgan fingerprint density at radius 2 is 1.90 bits per heavy atom. The molecule has 2 N–H and O–H groups in total. The summed E-state index contributed by atoms with van der Waals surface area (Å²) in [6.45, 7) is 0.196. The van der Waals surface area contributed by atoms with E-state index in [9.17, 15) is 15.2 Å². The summed E-state index contributed by atoms with van der Waals surface area (Å²) in [6.07, 6.45) is 0.635. The first-order chi connectivity index (χ1) is 14.6. The number of nitrogens with zero attached hydrogens (tertiary/aromatic N) is 3. The molecule has 9 heteroatoms. The lowest BCUT2D eigenvalue weighted by Crippen LogP contribution is -2.13. The number of benzene rings is 2. The fourth-order valence-electron chi connectivity index (χ4n) is 3.12. The van der Waals surface area contributed by atoms with Gasteiger partial charge in [0.15, 0.2) is 0 Å². The molecule has 0 amide bonds. The highest BCUT2D eigenvalue weighted by molar-refractivity contribution is 7.17. The number of nitro benzene ring substituents is 1. The van der Waals surface area contributed by atoms with Crippen LogP contribution in [0.2, 0.25) is 0 Å². The van der Waals surface area contributed by atoms with E-state index in [0.717, 1.165) is 27.1 Å². The van der Waals surface area contributed by atoms with Gasteiger partial charge in [-0.1, -0.05) is 12.1 Å². The average molecular weight is 422 g/mol. The molecule has 0 aliphatic heterocycles. The number of aromatic nitrogens is 2. The standard InChI is InChI=1S/C21H18N4O4S/c1-29-16-8-4-13(5-9-16)17-11-30-21-19(17)20(23-12-24-21)22-10-18(26)14-2-6-15(7-3-14)25(27)28/h2-9,11-12,18,26H,10H2,1H3,(H,22,23,24). The number of hydrogen-bond donors (Lipinski definition) is 2. The summed E-state index contributed by atoms with van der Waals surface area (Å²) in [4.78, 5) is 19.9. The monoisotopic (exact) mass is 422 g/mol. The van der Waals surface area contributed by atoms with Gasteiger partial charge >= 0.3 is 0 Å². The minimum Gasteiger partial charge on any atom is -0.497 e. The van der Waals surface area contributed by atoms with Crippen molar-refractivity contribution < 1.29 is 14.8 Å². The third-order valence-corrected chi connectivity index (χ3v) is 5.61. The summed E-state index contributed by atoms with van der Waals surface area (Å²) < 4.78 is 5.23. The molecule has 0 bridgehead atoms.